The van der Waals surface area contributed by atoms with E-state index in [1.165, 1.54) is 24.9 Å². The normalized spacial score (nSPS) is 21.2. The lowest BCUT2D eigenvalue weighted by atomic mass is 10.1. The fourth-order valence-electron chi connectivity index (χ4n) is 3.88. The third-order valence-corrected chi connectivity index (χ3v) is 5.40. The topological polar surface area (TPSA) is 52.7 Å². The number of likely N-dealkylation sites (tertiary alicyclic amines) is 1. The maximum atomic E-state index is 12.5. The minimum atomic E-state index is -0.244. The molecule has 142 valence electrons. The van der Waals surface area contributed by atoms with Crippen LogP contribution in [0.25, 0.3) is 0 Å². The predicted octanol–water partition coefficient (Wildman–Crippen LogP) is 2.94. The van der Waals surface area contributed by atoms with Crippen molar-refractivity contribution < 1.29 is 9.59 Å². The van der Waals surface area contributed by atoms with Crippen molar-refractivity contribution in [3.8, 4) is 0 Å². The van der Waals surface area contributed by atoms with Gasteiger partial charge in [0.25, 0.3) is 0 Å². The molecule has 2 fully saturated rings. The molecule has 2 heterocycles. The van der Waals surface area contributed by atoms with Crippen molar-refractivity contribution in [1.82, 2.24) is 10.2 Å². The van der Waals surface area contributed by atoms with E-state index in [0.717, 1.165) is 18.7 Å². The van der Waals surface area contributed by atoms with E-state index in [1.54, 1.807) is 0 Å². The number of nitrogens with zero attached hydrogens (tertiary/aromatic N) is 2. The molecule has 0 saturated carbocycles. The summed E-state index contributed by atoms with van der Waals surface area (Å²) in [6.45, 7) is 9.29. The van der Waals surface area contributed by atoms with Gasteiger partial charge in [0.15, 0.2) is 0 Å². The highest BCUT2D eigenvalue weighted by atomic mass is 16.2. The first-order valence-electron chi connectivity index (χ1n) is 9.76. The van der Waals surface area contributed by atoms with Gasteiger partial charge in [-0.15, -0.1) is 0 Å². The summed E-state index contributed by atoms with van der Waals surface area (Å²) in [4.78, 5) is 28.9. The highest BCUT2D eigenvalue weighted by Gasteiger charge is 2.39. The van der Waals surface area contributed by atoms with Crippen molar-refractivity contribution in [2.45, 2.75) is 58.5 Å². The zero-order valence-electron chi connectivity index (χ0n) is 16.3. The molecule has 0 spiro atoms. The average Bonchev–Trinajstić information content (AvgIpc) is 3.03. The molecular formula is C21H31N3O2. The van der Waals surface area contributed by atoms with E-state index >= 15 is 0 Å². The van der Waals surface area contributed by atoms with E-state index in [2.05, 4.69) is 34.5 Å². The van der Waals surface area contributed by atoms with Gasteiger partial charge in [-0.05, 0) is 57.7 Å². The van der Waals surface area contributed by atoms with Crippen molar-refractivity contribution in [3.63, 3.8) is 0 Å². The van der Waals surface area contributed by atoms with E-state index in [9.17, 15) is 9.59 Å². The predicted molar refractivity (Wildman–Crippen MR) is 104 cm³/mol. The first kappa shape index (κ1) is 18.7. The quantitative estimate of drug-likeness (QED) is 0.901. The Morgan fingerprint density at radius 1 is 1.19 bits per heavy atom. The Balaban J connectivity index is 1.56. The van der Waals surface area contributed by atoms with Gasteiger partial charge in [-0.3, -0.25) is 9.59 Å². The van der Waals surface area contributed by atoms with Crippen molar-refractivity contribution in [2.24, 2.45) is 5.92 Å². The molecular weight excluding hydrogens is 326 g/mol. The second-order valence-corrected chi connectivity index (χ2v) is 8.51. The van der Waals surface area contributed by atoms with Crippen molar-refractivity contribution in [3.05, 3.63) is 29.8 Å². The van der Waals surface area contributed by atoms with Crippen molar-refractivity contribution in [2.75, 3.05) is 24.5 Å². The standard InChI is InChI=1S/C21H31N3O2/c1-21(2,3)24-15-17(13-19(24)25)20(26)22-14-16-8-7-9-18(12-16)23-10-5-4-6-11-23/h7-9,12,17H,4-6,10-11,13-15H2,1-3H3,(H,22,26)/t17-/m1/s1. The summed E-state index contributed by atoms with van der Waals surface area (Å²) < 4.78 is 0. The minimum Gasteiger partial charge on any atom is -0.372 e. The monoisotopic (exact) mass is 357 g/mol. The van der Waals surface area contributed by atoms with Gasteiger partial charge in [0, 0.05) is 43.8 Å². The molecule has 5 heteroatoms. The molecule has 2 amide bonds. The van der Waals surface area contributed by atoms with Gasteiger partial charge in [0.2, 0.25) is 11.8 Å². The largest absolute Gasteiger partial charge is 0.372 e. The molecule has 5 nitrogen and oxygen atoms in total. The van der Waals surface area contributed by atoms with Crippen LogP contribution in [0.1, 0.15) is 52.0 Å². The lowest BCUT2D eigenvalue weighted by molar-refractivity contribution is -0.132. The van der Waals surface area contributed by atoms with Crippen LogP contribution in [0.2, 0.25) is 0 Å². The Kier molecular flexibility index (Phi) is 5.54. The minimum absolute atomic E-state index is 0.0199. The van der Waals surface area contributed by atoms with Gasteiger partial charge < -0.3 is 15.1 Å². The lowest BCUT2D eigenvalue weighted by Crippen LogP contribution is -2.43. The first-order chi connectivity index (χ1) is 12.3. The average molecular weight is 357 g/mol. The van der Waals surface area contributed by atoms with Gasteiger partial charge in [0.05, 0.1) is 5.92 Å². The molecule has 0 radical (unpaired) electrons. The summed E-state index contributed by atoms with van der Waals surface area (Å²) in [7, 11) is 0. The third kappa shape index (κ3) is 4.37. The fourth-order valence-corrected chi connectivity index (χ4v) is 3.88. The number of carbonyl (C=O) groups excluding carboxylic acids is 2. The summed E-state index contributed by atoms with van der Waals surface area (Å²) in [6, 6.07) is 8.43. The number of rotatable bonds is 4. The molecule has 1 atom stereocenters. The molecule has 2 aliphatic rings. The van der Waals surface area contributed by atoms with Crippen LogP contribution in [0.15, 0.2) is 24.3 Å². The number of amides is 2. The van der Waals surface area contributed by atoms with Gasteiger partial charge in [-0.1, -0.05) is 12.1 Å². The molecule has 0 unspecified atom stereocenters. The van der Waals surface area contributed by atoms with Crippen molar-refractivity contribution >= 4 is 17.5 Å². The number of nitrogens with one attached hydrogen (secondary N) is 1. The molecule has 1 aromatic rings. The van der Waals surface area contributed by atoms with Crippen LogP contribution < -0.4 is 10.2 Å². The summed E-state index contributed by atoms with van der Waals surface area (Å²) in [5.41, 5.74) is 2.12. The van der Waals surface area contributed by atoms with Crippen LogP contribution in [-0.4, -0.2) is 41.9 Å². The number of benzene rings is 1. The van der Waals surface area contributed by atoms with Crippen LogP contribution in [-0.2, 0) is 16.1 Å². The zero-order valence-corrected chi connectivity index (χ0v) is 16.3. The highest BCUT2D eigenvalue weighted by molar-refractivity contribution is 5.89. The molecule has 1 aromatic carbocycles. The number of carbonyl (C=O) groups is 2. The molecule has 0 aromatic heterocycles. The SMILES string of the molecule is CC(C)(C)N1C[C@H](C(=O)NCc2cccc(N3CCCCC3)c2)CC1=O. The van der Waals surface area contributed by atoms with Crippen LogP contribution in [0, 0.1) is 5.92 Å². The van der Waals surface area contributed by atoms with Gasteiger partial charge in [-0.25, -0.2) is 0 Å². The Hall–Kier alpha value is -2.04. The molecule has 2 aliphatic heterocycles. The number of hydrogen-bond donors (Lipinski definition) is 1. The Labute approximate surface area is 156 Å². The zero-order chi connectivity index (χ0) is 18.7. The van der Waals surface area contributed by atoms with Crippen LogP contribution >= 0.6 is 0 Å². The molecule has 26 heavy (non-hydrogen) atoms. The van der Waals surface area contributed by atoms with E-state index < -0.39 is 0 Å². The molecule has 0 aliphatic carbocycles. The fraction of sp³-hybridized carbons (Fsp3) is 0.619. The molecule has 2 saturated heterocycles. The Morgan fingerprint density at radius 3 is 2.58 bits per heavy atom. The lowest BCUT2D eigenvalue weighted by Gasteiger charge is -2.32. The Morgan fingerprint density at radius 2 is 1.92 bits per heavy atom. The summed E-state index contributed by atoms with van der Waals surface area (Å²) in [5, 5.41) is 3.03. The van der Waals surface area contributed by atoms with Gasteiger partial charge in [-0.2, -0.15) is 0 Å². The first-order valence-corrected chi connectivity index (χ1v) is 9.76. The van der Waals surface area contributed by atoms with Gasteiger partial charge >= 0.3 is 0 Å². The van der Waals surface area contributed by atoms with Crippen LogP contribution in [0.3, 0.4) is 0 Å². The van der Waals surface area contributed by atoms with Crippen molar-refractivity contribution in [1.29, 1.82) is 0 Å². The maximum Gasteiger partial charge on any atom is 0.225 e. The van der Waals surface area contributed by atoms with Gasteiger partial charge in [0.1, 0.15) is 0 Å². The second-order valence-electron chi connectivity index (χ2n) is 8.51. The van der Waals surface area contributed by atoms with Crippen LogP contribution in [0.5, 0.6) is 0 Å². The highest BCUT2D eigenvalue weighted by Crippen LogP contribution is 2.26. The molecule has 0 bridgehead atoms. The molecule has 1 N–H and O–H groups in total. The van der Waals surface area contributed by atoms with E-state index in [1.807, 2.05) is 25.7 Å². The smallest absolute Gasteiger partial charge is 0.225 e. The Bertz CT molecular complexity index is 659. The van der Waals surface area contributed by atoms with E-state index in [-0.39, 0.29) is 23.3 Å². The van der Waals surface area contributed by atoms with E-state index in [4.69, 9.17) is 0 Å². The number of anilines is 1. The summed E-state index contributed by atoms with van der Waals surface area (Å²) in [6.07, 6.45) is 4.14. The number of hydrogen-bond acceptors (Lipinski definition) is 3. The molecule has 3 rings (SSSR count). The van der Waals surface area contributed by atoms with Crippen LogP contribution in [0.4, 0.5) is 5.69 Å². The summed E-state index contributed by atoms with van der Waals surface area (Å²) >= 11 is 0. The number of piperidine rings is 1. The second kappa shape index (κ2) is 7.68. The maximum absolute atomic E-state index is 12.5. The van der Waals surface area contributed by atoms with E-state index in [0.29, 0.717) is 19.5 Å². The third-order valence-electron chi connectivity index (χ3n) is 5.40. The summed E-state index contributed by atoms with van der Waals surface area (Å²) in [5.74, 6) is -0.190.